The maximum atomic E-state index is 5.31. The van der Waals surface area contributed by atoms with Gasteiger partial charge >= 0.3 is 0 Å². The predicted octanol–water partition coefficient (Wildman–Crippen LogP) is 2.46. The minimum Gasteiger partial charge on any atom is -0.481 e. The first-order valence-corrected chi connectivity index (χ1v) is 4.75. The maximum absolute atomic E-state index is 5.31. The molecule has 0 fully saturated rings. The van der Waals surface area contributed by atoms with E-state index in [1.54, 1.807) is 0 Å². The third-order valence-corrected chi connectivity index (χ3v) is 1.53. The van der Waals surface area contributed by atoms with Gasteiger partial charge in [0.1, 0.15) is 12.4 Å². The van der Waals surface area contributed by atoms with Crippen LogP contribution in [-0.4, -0.2) is 11.9 Å². The lowest BCUT2D eigenvalue weighted by molar-refractivity contribution is 0.370. The van der Waals surface area contributed by atoms with Crippen molar-refractivity contribution >= 4 is 15.9 Å². The first-order chi connectivity index (χ1) is 5.93. The van der Waals surface area contributed by atoms with Crippen LogP contribution in [0, 0.1) is 11.8 Å². The third-order valence-electron chi connectivity index (χ3n) is 1.25. The minimum absolute atomic E-state index is 0.454. The molecule has 62 valence electrons. The van der Waals surface area contributed by atoms with Crippen molar-refractivity contribution in [2.75, 3.05) is 11.9 Å². The van der Waals surface area contributed by atoms with Crippen LogP contribution in [-0.2, 0) is 0 Å². The molecule has 0 saturated heterocycles. The van der Waals surface area contributed by atoms with E-state index in [1.165, 1.54) is 0 Å². The summed E-state index contributed by atoms with van der Waals surface area (Å²) in [7, 11) is 0. The zero-order valence-electron chi connectivity index (χ0n) is 6.59. The van der Waals surface area contributed by atoms with Crippen molar-refractivity contribution in [2.24, 2.45) is 0 Å². The standard InChI is InChI=1S/C10H9BrO/c11-8-4-5-9-12-10-6-2-1-3-7-10/h1-3,6-7H,8-9H2. The van der Waals surface area contributed by atoms with Gasteiger partial charge in [-0.3, -0.25) is 0 Å². The van der Waals surface area contributed by atoms with Crippen molar-refractivity contribution in [3.8, 4) is 17.6 Å². The Morgan fingerprint density at radius 1 is 1.17 bits per heavy atom. The van der Waals surface area contributed by atoms with E-state index in [2.05, 4.69) is 27.8 Å². The normalized spacial score (nSPS) is 8.42. The molecule has 12 heavy (non-hydrogen) atoms. The van der Waals surface area contributed by atoms with Gasteiger partial charge in [-0.05, 0) is 12.1 Å². The maximum Gasteiger partial charge on any atom is 0.149 e. The summed E-state index contributed by atoms with van der Waals surface area (Å²) < 4.78 is 5.31. The Morgan fingerprint density at radius 3 is 2.58 bits per heavy atom. The van der Waals surface area contributed by atoms with Crippen LogP contribution in [0.1, 0.15) is 0 Å². The summed E-state index contributed by atoms with van der Waals surface area (Å²) in [4.78, 5) is 0. The van der Waals surface area contributed by atoms with Gasteiger partial charge in [-0.15, -0.1) is 0 Å². The summed E-state index contributed by atoms with van der Waals surface area (Å²) >= 11 is 3.21. The fourth-order valence-electron chi connectivity index (χ4n) is 0.734. The topological polar surface area (TPSA) is 9.23 Å². The van der Waals surface area contributed by atoms with Gasteiger partial charge in [-0.1, -0.05) is 46.0 Å². The number of hydrogen-bond acceptors (Lipinski definition) is 1. The average molecular weight is 225 g/mol. The molecule has 0 amide bonds. The molecule has 1 aromatic carbocycles. The summed E-state index contributed by atoms with van der Waals surface area (Å²) in [5.41, 5.74) is 0. The Labute approximate surface area is 80.9 Å². The first kappa shape index (κ1) is 9.15. The van der Waals surface area contributed by atoms with Crippen molar-refractivity contribution < 1.29 is 4.74 Å². The second-order valence-corrected chi connectivity index (χ2v) is 2.65. The first-order valence-electron chi connectivity index (χ1n) is 3.63. The highest BCUT2D eigenvalue weighted by Crippen LogP contribution is 2.07. The van der Waals surface area contributed by atoms with Gasteiger partial charge < -0.3 is 4.74 Å². The molecule has 0 aliphatic heterocycles. The average Bonchev–Trinajstić information content (AvgIpc) is 2.14. The smallest absolute Gasteiger partial charge is 0.149 e. The fraction of sp³-hybridized carbons (Fsp3) is 0.200. The molecule has 0 N–H and O–H groups in total. The number of rotatable bonds is 2. The Kier molecular flexibility index (Phi) is 4.33. The van der Waals surface area contributed by atoms with Crippen LogP contribution in [0.15, 0.2) is 30.3 Å². The number of alkyl halides is 1. The summed E-state index contributed by atoms with van der Waals surface area (Å²) in [5.74, 6) is 6.59. The Morgan fingerprint density at radius 2 is 1.92 bits per heavy atom. The zero-order chi connectivity index (χ0) is 8.65. The molecule has 1 aromatic rings. The van der Waals surface area contributed by atoms with Crippen molar-refractivity contribution in [3.63, 3.8) is 0 Å². The van der Waals surface area contributed by atoms with Crippen molar-refractivity contribution in [1.29, 1.82) is 0 Å². The van der Waals surface area contributed by atoms with Gasteiger partial charge in [0.15, 0.2) is 0 Å². The van der Waals surface area contributed by atoms with E-state index in [4.69, 9.17) is 4.74 Å². The molecular weight excluding hydrogens is 216 g/mol. The summed E-state index contributed by atoms with van der Waals surface area (Å²) in [5, 5.41) is 0.700. The van der Waals surface area contributed by atoms with Crippen LogP contribution in [0.2, 0.25) is 0 Å². The lowest BCUT2D eigenvalue weighted by Crippen LogP contribution is -1.92. The van der Waals surface area contributed by atoms with Crippen molar-refractivity contribution in [1.82, 2.24) is 0 Å². The number of para-hydroxylation sites is 1. The molecule has 0 aliphatic carbocycles. The molecule has 0 radical (unpaired) electrons. The van der Waals surface area contributed by atoms with Gasteiger partial charge in [0, 0.05) is 0 Å². The van der Waals surface area contributed by atoms with Crippen LogP contribution in [0.25, 0.3) is 0 Å². The fourth-order valence-corrected chi connectivity index (χ4v) is 0.933. The second kappa shape index (κ2) is 5.68. The molecule has 0 aliphatic rings. The highest BCUT2D eigenvalue weighted by molar-refractivity contribution is 9.09. The lowest BCUT2D eigenvalue weighted by Gasteiger charge is -1.99. The van der Waals surface area contributed by atoms with Crippen LogP contribution in [0.3, 0.4) is 0 Å². The van der Waals surface area contributed by atoms with E-state index in [1.807, 2.05) is 30.3 Å². The lowest BCUT2D eigenvalue weighted by atomic mass is 10.3. The van der Waals surface area contributed by atoms with Crippen molar-refractivity contribution in [3.05, 3.63) is 30.3 Å². The summed E-state index contributed by atoms with van der Waals surface area (Å²) in [6, 6.07) is 9.66. The minimum atomic E-state index is 0.454. The van der Waals surface area contributed by atoms with Crippen molar-refractivity contribution in [2.45, 2.75) is 0 Å². The van der Waals surface area contributed by atoms with E-state index < -0.39 is 0 Å². The molecule has 0 saturated carbocycles. The molecule has 0 spiro atoms. The van der Waals surface area contributed by atoms with Gasteiger partial charge in [-0.2, -0.15) is 0 Å². The molecule has 1 rings (SSSR count). The summed E-state index contributed by atoms with van der Waals surface area (Å²) in [6.07, 6.45) is 0. The van der Waals surface area contributed by atoms with E-state index in [-0.39, 0.29) is 0 Å². The number of benzene rings is 1. The van der Waals surface area contributed by atoms with Gasteiger partial charge in [0.05, 0.1) is 5.33 Å². The molecule has 2 heteroatoms. The molecule has 1 nitrogen and oxygen atoms in total. The van der Waals surface area contributed by atoms with E-state index >= 15 is 0 Å². The number of halogens is 1. The van der Waals surface area contributed by atoms with Gasteiger partial charge in [0.2, 0.25) is 0 Å². The van der Waals surface area contributed by atoms with Gasteiger partial charge in [-0.25, -0.2) is 0 Å². The van der Waals surface area contributed by atoms with Gasteiger partial charge in [0.25, 0.3) is 0 Å². The molecule has 0 atom stereocenters. The SMILES string of the molecule is BrCC#CCOc1ccccc1. The Hall–Kier alpha value is -0.940. The number of hydrogen-bond donors (Lipinski definition) is 0. The van der Waals surface area contributed by atoms with E-state index in [0.717, 1.165) is 5.75 Å². The predicted molar refractivity (Wildman–Crippen MR) is 53.5 cm³/mol. The highest BCUT2D eigenvalue weighted by Gasteiger charge is 1.85. The molecule has 0 heterocycles. The van der Waals surface area contributed by atoms with E-state index in [0.29, 0.717) is 11.9 Å². The second-order valence-electron chi connectivity index (χ2n) is 2.09. The quantitative estimate of drug-likeness (QED) is 0.555. The number of ether oxygens (including phenoxy) is 1. The largest absolute Gasteiger partial charge is 0.481 e. The summed E-state index contributed by atoms with van der Waals surface area (Å²) in [6.45, 7) is 0.454. The molecule has 0 bridgehead atoms. The Bertz CT molecular complexity index is 271. The van der Waals surface area contributed by atoms with Crippen LogP contribution < -0.4 is 4.74 Å². The molecular formula is C10H9BrO. The monoisotopic (exact) mass is 224 g/mol. The molecule has 0 unspecified atom stereocenters. The zero-order valence-corrected chi connectivity index (χ0v) is 8.17. The van der Waals surface area contributed by atoms with E-state index in [9.17, 15) is 0 Å². The Balaban J connectivity index is 2.34. The van der Waals surface area contributed by atoms with Crippen LogP contribution in [0.4, 0.5) is 0 Å². The third kappa shape index (κ3) is 3.45. The van der Waals surface area contributed by atoms with Crippen LogP contribution in [0.5, 0.6) is 5.75 Å². The van der Waals surface area contributed by atoms with Crippen LogP contribution >= 0.6 is 15.9 Å². The highest BCUT2D eigenvalue weighted by atomic mass is 79.9. The molecule has 0 aromatic heterocycles.